The third-order valence-corrected chi connectivity index (χ3v) is 11.8. The fourth-order valence-corrected chi connectivity index (χ4v) is 9.02. The van der Waals surface area contributed by atoms with Gasteiger partial charge in [-0.25, -0.2) is 0 Å². The van der Waals surface area contributed by atoms with E-state index in [4.69, 9.17) is 0 Å². The summed E-state index contributed by atoms with van der Waals surface area (Å²) in [7, 11) is 0. The van der Waals surface area contributed by atoms with Crippen LogP contribution in [-0.4, -0.2) is 49.9 Å². The highest BCUT2D eigenvalue weighted by atomic mass is 32.2. The summed E-state index contributed by atoms with van der Waals surface area (Å²) in [5, 5.41) is 24.3. The van der Waals surface area contributed by atoms with Gasteiger partial charge in [-0.1, -0.05) is 38.6 Å². The van der Waals surface area contributed by atoms with Crippen LogP contribution in [0.5, 0.6) is 11.5 Å². The first-order valence-electron chi connectivity index (χ1n) is 12.9. The summed E-state index contributed by atoms with van der Waals surface area (Å²) >= 11 is 2.81. The van der Waals surface area contributed by atoms with E-state index in [1.165, 1.54) is 41.7 Å². The molecule has 37 heavy (non-hydrogen) atoms. The molecule has 1 aliphatic heterocycles. The molecular weight excluding hydrogens is 508 g/mol. The van der Waals surface area contributed by atoms with E-state index in [0.717, 1.165) is 25.3 Å². The molecule has 3 N–H and O–H groups in total. The van der Waals surface area contributed by atoms with Gasteiger partial charge in [-0.05, 0) is 78.5 Å². The molecule has 198 valence electrons. The van der Waals surface area contributed by atoms with Crippen molar-refractivity contribution in [3.63, 3.8) is 0 Å². The Morgan fingerprint density at radius 1 is 1.14 bits per heavy atom. The summed E-state index contributed by atoms with van der Waals surface area (Å²) < 4.78 is 0. The molecule has 3 fully saturated rings. The summed E-state index contributed by atoms with van der Waals surface area (Å²) in [5.74, 6) is -0.940. The average Bonchev–Trinajstić information content (AvgIpc) is 3.63. The van der Waals surface area contributed by atoms with Crippen molar-refractivity contribution in [1.29, 1.82) is 0 Å². The zero-order valence-electron chi connectivity index (χ0n) is 21.4. The van der Waals surface area contributed by atoms with Crippen molar-refractivity contribution in [1.82, 2.24) is 10.2 Å². The molecule has 0 radical (unpaired) electrons. The SMILES string of the molecule is CC1(C)C2CCC1(C)C(SC(=O)C1CCCN1C(=O)C(NC(=O)c1ccc(O)c(O)c1)c1cccs1)C2. The van der Waals surface area contributed by atoms with E-state index in [9.17, 15) is 24.6 Å². The molecule has 2 heterocycles. The van der Waals surface area contributed by atoms with E-state index in [1.807, 2.05) is 11.4 Å². The van der Waals surface area contributed by atoms with Crippen molar-refractivity contribution >= 4 is 40.0 Å². The lowest BCUT2D eigenvalue weighted by molar-refractivity contribution is -0.137. The van der Waals surface area contributed by atoms with E-state index < -0.39 is 23.7 Å². The fraction of sp³-hybridized carbons (Fsp3) is 0.536. The van der Waals surface area contributed by atoms with Crippen LogP contribution in [-0.2, 0) is 9.59 Å². The summed E-state index contributed by atoms with van der Waals surface area (Å²) in [5.41, 5.74) is 0.462. The summed E-state index contributed by atoms with van der Waals surface area (Å²) in [6, 6.07) is 5.95. The molecule has 3 aliphatic rings. The lowest BCUT2D eigenvalue weighted by Crippen LogP contribution is -2.47. The number of carbonyl (C=O) groups is 3. The molecule has 2 amide bonds. The number of thioether (sulfide) groups is 1. The lowest BCUT2D eigenvalue weighted by atomic mass is 9.71. The maximum Gasteiger partial charge on any atom is 0.252 e. The van der Waals surface area contributed by atoms with Gasteiger partial charge >= 0.3 is 0 Å². The molecular formula is C28H34N2O5S2. The number of nitrogens with zero attached hydrogens (tertiary/aromatic N) is 1. The van der Waals surface area contributed by atoms with E-state index in [1.54, 1.807) is 11.0 Å². The largest absolute Gasteiger partial charge is 0.504 e. The molecule has 9 heteroatoms. The molecule has 2 aromatic rings. The van der Waals surface area contributed by atoms with Crippen molar-refractivity contribution in [2.75, 3.05) is 6.54 Å². The molecule has 1 saturated heterocycles. The number of fused-ring (bicyclic) bond motifs is 2. The monoisotopic (exact) mass is 542 g/mol. The van der Waals surface area contributed by atoms with E-state index in [2.05, 4.69) is 26.1 Å². The smallest absolute Gasteiger partial charge is 0.252 e. The first-order valence-corrected chi connectivity index (χ1v) is 14.7. The van der Waals surface area contributed by atoms with Gasteiger partial charge in [0.2, 0.25) is 5.12 Å². The summed E-state index contributed by atoms with van der Waals surface area (Å²) in [4.78, 5) is 42.8. The fourth-order valence-electron chi connectivity index (χ4n) is 6.56. The van der Waals surface area contributed by atoms with Crippen LogP contribution in [0.15, 0.2) is 35.7 Å². The minimum Gasteiger partial charge on any atom is -0.504 e. The predicted molar refractivity (Wildman–Crippen MR) is 145 cm³/mol. The maximum absolute atomic E-state index is 13.8. The molecule has 1 aromatic heterocycles. The van der Waals surface area contributed by atoms with Crippen LogP contribution in [0.2, 0.25) is 0 Å². The number of rotatable bonds is 6. The Hall–Kier alpha value is -2.52. The minimum atomic E-state index is -0.944. The lowest BCUT2D eigenvalue weighted by Gasteiger charge is -2.39. The number of amides is 2. The van der Waals surface area contributed by atoms with Gasteiger partial charge in [-0.2, -0.15) is 0 Å². The van der Waals surface area contributed by atoms with E-state index >= 15 is 0 Å². The highest BCUT2D eigenvalue weighted by Crippen LogP contribution is 2.68. The zero-order valence-corrected chi connectivity index (χ0v) is 23.0. The number of phenolic OH excluding ortho intramolecular Hbond substituents is 2. The van der Waals surface area contributed by atoms with Crippen molar-refractivity contribution < 1.29 is 24.6 Å². The summed E-state index contributed by atoms with van der Waals surface area (Å²) in [6.45, 7) is 7.47. The number of benzene rings is 1. The second-order valence-corrected chi connectivity index (χ2v) is 13.5. The molecule has 7 nitrogen and oxygen atoms in total. The average molecular weight is 543 g/mol. The number of likely N-dealkylation sites (tertiary alicyclic amines) is 1. The zero-order chi connectivity index (χ0) is 26.5. The van der Waals surface area contributed by atoms with Gasteiger partial charge in [0.1, 0.15) is 12.1 Å². The number of carbonyl (C=O) groups excluding carboxylic acids is 3. The van der Waals surface area contributed by atoms with Gasteiger partial charge in [0.05, 0.1) is 0 Å². The standard InChI is InChI=1S/C28H34N2O5S2/c1-27(2)17-10-11-28(27,3)22(15-17)37-26(35)18-6-4-12-30(18)25(34)23(21-7-5-13-36-21)29-24(33)16-8-9-19(31)20(32)14-16/h5,7-9,13-14,17-18,22-23,31-32H,4,6,10-12,15H2,1-3H3,(H,29,33). The van der Waals surface area contributed by atoms with Crippen LogP contribution in [0.25, 0.3) is 0 Å². The number of aromatic hydroxyl groups is 2. The Morgan fingerprint density at radius 3 is 2.54 bits per heavy atom. The molecule has 1 aromatic carbocycles. The second-order valence-electron chi connectivity index (χ2n) is 11.4. The number of thiophene rings is 1. The van der Waals surface area contributed by atoms with Crippen molar-refractivity contribution in [2.45, 2.75) is 70.2 Å². The Labute approximate surface area is 225 Å². The van der Waals surface area contributed by atoms with Crippen LogP contribution < -0.4 is 5.32 Å². The van der Waals surface area contributed by atoms with Gasteiger partial charge < -0.3 is 20.4 Å². The molecule has 5 atom stereocenters. The van der Waals surface area contributed by atoms with Crippen molar-refractivity contribution in [3.8, 4) is 11.5 Å². The third kappa shape index (κ3) is 4.44. The first-order chi connectivity index (χ1) is 17.5. The molecule has 2 aliphatic carbocycles. The number of phenols is 2. The molecule has 2 bridgehead atoms. The van der Waals surface area contributed by atoms with Crippen LogP contribution in [0.1, 0.15) is 74.2 Å². The number of hydrogen-bond acceptors (Lipinski definition) is 7. The Kier molecular flexibility index (Phi) is 6.81. The molecule has 5 unspecified atom stereocenters. The van der Waals surface area contributed by atoms with Gasteiger partial charge in [-0.15, -0.1) is 11.3 Å². The van der Waals surface area contributed by atoms with Gasteiger partial charge in [0, 0.05) is 22.2 Å². The number of hydrogen-bond donors (Lipinski definition) is 3. The highest BCUT2D eigenvalue weighted by molar-refractivity contribution is 8.14. The maximum atomic E-state index is 13.8. The van der Waals surface area contributed by atoms with Gasteiger partial charge in [0.25, 0.3) is 11.8 Å². The molecule has 2 saturated carbocycles. The Morgan fingerprint density at radius 2 is 1.92 bits per heavy atom. The molecule has 0 spiro atoms. The second kappa shape index (κ2) is 9.66. The van der Waals surface area contributed by atoms with Crippen LogP contribution >= 0.6 is 23.1 Å². The van der Waals surface area contributed by atoms with Crippen LogP contribution in [0, 0.1) is 16.7 Å². The normalized spacial score (nSPS) is 28.8. The number of nitrogens with one attached hydrogen (secondary N) is 1. The van der Waals surface area contributed by atoms with E-state index in [-0.39, 0.29) is 38.4 Å². The van der Waals surface area contributed by atoms with Crippen molar-refractivity contribution in [2.24, 2.45) is 16.7 Å². The minimum absolute atomic E-state index is 0.0557. The topological polar surface area (TPSA) is 107 Å². The highest BCUT2D eigenvalue weighted by Gasteiger charge is 2.62. The Bertz CT molecular complexity index is 1210. The summed E-state index contributed by atoms with van der Waals surface area (Å²) in [6.07, 6.45) is 4.79. The van der Waals surface area contributed by atoms with Gasteiger partial charge in [0.15, 0.2) is 11.5 Å². The van der Waals surface area contributed by atoms with E-state index in [0.29, 0.717) is 23.8 Å². The first kappa shape index (κ1) is 26.1. The van der Waals surface area contributed by atoms with Crippen LogP contribution in [0.3, 0.4) is 0 Å². The predicted octanol–water partition coefficient (Wildman–Crippen LogP) is 5.10. The quantitative estimate of drug-likeness (QED) is 0.439. The Balaban J connectivity index is 1.33. The van der Waals surface area contributed by atoms with Gasteiger partial charge in [-0.3, -0.25) is 14.4 Å². The third-order valence-electron chi connectivity index (χ3n) is 9.37. The van der Waals surface area contributed by atoms with Crippen LogP contribution in [0.4, 0.5) is 0 Å². The molecule has 5 rings (SSSR count). The van der Waals surface area contributed by atoms with Crippen molar-refractivity contribution in [3.05, 3.63) is 46.2 Å².